The predicted octanol–water partition coefficient (Wildman–Crippen LogP) is 4.43. The minimum atomic E-state index is -1.70. The molecule has 0 spiro atoms. The number of rotatable bonds is 4. The van der Waals surface area contributed by atoms with Crippen LogP contribution in [0, 0.1) is 12.8 Å². The molecule has 1 aromatic heterocycles. The van der Waals surface area contributed by atoms with Crippen LogP contribution in [-0.2, 0) is 3.79 Å². The lowest BCUT2D eigenvalue weighted by Crippen LogP contribution is -2.33. The molecule has 3 rings (SSSR count). The summed E-state index contributed by atoms with van der Waals surface area (Å²) in [5.41, 5.74) is 2.01. The van der Waals surface area contributed by atoms with Gasteiger partial charge in [-0.25, -0.2) is 4.98 Å². The average molecular weight is 415 g/mol. The van der Waals surface area contributed by atoms with Gasteiger partial charge in [-0.2, -0.15) is 9.97 Å². The second-order valence-corrected chi connectivity index (χ2v) is 9.08. The van der Waals surface area contributed by atoms with Crippen molar-refractivity contribution in [2.45, 2.75) is 23.6 Å². The number of piperidine rings is 1. The molecule has 8 heteroatoms. The van der Waals surface area contributed by atoms with E-state index in [0.717, 1.165) is 43.6 Å². The van der Waals surface area contributed by atoms with E-state index in [0.29, 0.717) is 17.7 Å². The van der Waals surface area contributed by atoms with Crippen molar-refractivity contribution in [3.8, 4) is 11.4 Å². The minimum absolute atomic E-state index is 0.124. The van der Waals surface area contributed by atoms with Crippen LogP contribution in [0.1, 0.15) is 24.2 Å². The molecule has 140 valence electrons. The number of benzene rings is 1. The first-order chi connectivity index (χ1) is 12.3. The number of aromatic nitrogens is 3. The number of nitrogens with one attached hydrogen (secondary N) is 1. The molecule has 0 radical (unpaired) electrons. The number of halogens is 3. The maximum absolute atomic E-state index is 6.02. The molecule has 1 aliphatic rings. The molecule has 5 nitrogen and oxygen atoms in total. The van der Waals surface area contributed by atoms with Crippen LogP contribution in [0.15, 0.2) is 24.3 Å². The molecule has 1 fully saturated rings. The smallest absolute Gasteiger partial charge is 0.250 e. The Morgan fingerprint density at radius 2 is 1.73 bits per heavy atom. The van der Waals surface area contributed by atoms with Crippen molar-refractivity contribution in [1.82, 2.24) is 19.9 Å². The Bertz CT molecular complexity index is 737. The van der Waals surface area contributed by atoms with E-state index < -0.39 is 3.79 Å². The molecule has 1 aromatic carbocycles. The van der Waals surface area contributed by atoms with Crippen molar-refractivity contribution in [2.24, 2.45) is 5.92 Å². The van der Waals surface area contributed by atoms with Gasteiger partial charge in [0.1, 0.15) is 0 Å². The van der Waals surface area contributed by atoms with E-state index in [2.05, 4.69) is 32.2 Å². The highest BCUT2D eigenvalue weighted by atomic mass is 35.6. The number of nitrogens with zero attached hydrogens (tertiary/aromatic N) is 4. The number of aryl methyl sites for hydroxylation is 1. The van der Waals surface area contributed by atoms with E-state index in [-0.39, 0.29) is 5.82 Å². The van der Waals surface area contributed by atoms with Gasteiger partial charge in [-0.15, -0.1) is 0 Å². The summed E-state index contributed by atoms with van der Waals surface area (Å²) in [6.45, 7) is 5.04. The zero-order valence-electron chi connectivity index (χ0n) is 14.8. The van der Waals surface area contributed by atoms with Crippen molar-refractivity contribution >= 4 is 40.8 Å². The molecule has 0 unspecified atom stereocenters. The molecule has 1 N–H and O–H groups in total. The van der Waals surface area contributed by atoms with Crippen molar-refractivity contribution < 1.29 is 0 Å². The maximum atomic E-state index is 6.02. The van der Waals surface area contributed by atoms with E-state index >= 15 is 0 Å². The Morgan fingerprint density at radius 1 is 1.08 bits per heavy atom. The van der Waals surface area contributed by atoms with Crippen LogP contribution in [-0.4, -0.2) is 46.5 Å². The second kappa shape index (κ2) is 8.26. The van der Waals surface area contributed by atoms with Gasteiger partial charge < -0.3 is 10.2 Å². The summed E-state index contributed by atoms with van der Waals surface area (Å²) in [5.74, 6) is 1.64. The molecule has 0 atom stereocenters. The number of anilines is 1. The highest BCUT2D eigenvalue weighted by Crippen LogP contribution is 2.36. The SMILES string of the molecule is Cc1ccc(-c2nc(NCC3CCN(C)CC3)nc(C(Cl)(Cl)Cl)n2)cc1. The molecule has 0 saturated carbocycles. The van der Waals surface area contributed by atoms with Crippen LogP contribution >= 0.6 is 34.8 Å². The third kappa shape index (κ3) is 5.19. The van der Waals surface area contributed by atoms with Gasteiger partial charge in [-0.3, -0.25) is 0 Å². The molecule has 0 bridgehead atoms. The van der Waals surface area contributed by atoms with Gasteiger partial charge in [-0.05, 0) is 45.8 Å². The topological polar surface area (TPSA) is 53.9 Å². The fourth-order valence-corrected chi connectivity index (χ4v) is 3.17. The Hall–Kier alpha value is -1.14. The van der Waals surface area contributed by atoms with E-state index in [1.165, 1.54) is 0 Å². The average Bonchev–Trinajstić information content (AvgIpc) is 2.61. The number of alkyl halides is 3. The molecule has 0 amide bonds. The highest BCUT2D eigenvalue weighted by Gasteiger charge is 2.28. The van der Waals surface area contributed by atoms with Crippen molar-refractivity contribution in [3.05, 3.63) is 35.7 Å². The van der Waals surface area contributed by atoms with Crippen molar-refractivity contribution in [2.75, 3.05) is 32.0 Å². The Balaban J connectivity index is 1.82. The fourth-order valence-electron chi connectivity index (χ4n) is 2.92. The van der Waals surface area contributed by atoms with Crippen LogP contribution in [0.2, 0.25) is 0 Å². The quantitative estimate of drug-likeness (QED) is 0.750. The number of hydrogen-bond donors (Lipinski definition) is 1. The summed E-state index contributed by atoms with van der Waals surface area (Å²) in [5, 5.41) is 3.31. The van der Waals surface area contributed by atoms with Crippen LogP contribution in [0.3, 0.4) is 0 Å². The van der Waals surface area contributed by atoms with Crippen molar-refractivity contribution in [3.63, 3.8) is 0 Å². The molecule has 2 heterocycles. The standard InChI is InChI=1S/C18H22Cl3N5/c1-12-3-5-14(6-4-12)15-23-16(18(19,20)21)25-17(24-15)22-11-13-7-9-26(2)10-8-13/h3-6,13H,7-11H2,1-2H3,(H,22,23,24,25). The third-order valence-electron chi connectivity index (χ3n) is 4.59. The lowest BCUT2D eigenvalue weighted by molar-refractivity contribution is 0.226. The first-order valence-electron chi connectivity index (χ1n) is 8.64. The summed E-state index contributed by atoms with van der Waals surface area (Å²) >= 11 is 18.1. The molecule has 0 aliphatic carbocycles. The molecular weight excluding hydrogens is 393 g/mol. The summed E-state index contributed by atoms with van der Waals surface area (Å²) < 4.78 is -1.70. The van der Waals surface area contributed by atoms with Gasteiger partial charge >= 0.3 is 0 Å². The van der Waals surface area contributed by atoms with Gasteiger partial charge in [0.15, 0.2) is 11.6 Å². The fraction of sp³-hybridized carbons (Fsp3) is 0.500. The zero-order chi connectivity index (χ0) is 18.7. The third-order valence-corrected chi connectivity index (χ3v) is 5.09. The Morgan fingerprint density at radius 3 is 2.35 bits per heavy atom. The summed E-state index contributed by atoms with van der Waals surface area (Å²) in [4.78, 5) is 15.5. The maximum Gasteiger partial charge on any atom is 0.250 e. The molecular formula is C18H22Cl3N5. The monoisotopic (exact) mass is 413 g/mol. The van der Waals surface area contributed by atoms with E-state index in [4.69, 9.17) is 34.8 Å². The lowest BCUT2D eigenvalue weighted by Gasteiger charge is -2.29. The van der Waals surface area contributed by atoms with Gasteiger partial charge in [-0.1, -0.05) is 64.6 Å². The Kier molecular flexibility index (Phi) is 6.23. The molecule has 1 saturated heterocycles. The zero-order valence-corrected chi connectivity index (χ0v) is 17.1. The molecule has 2 aromatic rings. The van der Waals surface area contributed by atoms with Gasteiger partial charge in [0.05, 0.1) is 0 Å². The van der Waals surface area contributed by atoms with Crippen LogP contribution < -0.4 is 5.32 Å². The summed E-state index contributed by atoms with van der Waals surface area (Å²) in [7, 11) is 2.15. The normalized spacial score (nSPS) is 16.7. The van der Waals surface area contributed by atoms with Crippen LogP contribution in [0.4, 0.5) is 5.95 Å². The summed E-state index contributed by atoms with van der Waals surface area (Å²) in [6, 6.07) is 7.90. The molecule has 1 aliphatic heterocycles. The highest BCUT2D eigenvalue weighted by molar-refractivity contribution is 6.66. The first kappa shape index (κ1) is 19.6. The summed E-state index contributed by atoms with van der Waals surface area (Å²) in [6.07, 6.45) is 2.30. The van der Waals surface area contributed by atoms with Gasteiger partial charge in [0.2, 0.25) is 9.74 Å². The Labute approximate surface area is 169 Å². The van der Waals surface area contributed by atoms with Crippen LogP contribution in [0.25, 0.3) is 11.4 Å². The van der Waals surface area contributed by atoms with E-state index in [1.54, 1.807) is 0 Å². The van der Waals surface area contributed by atoms with E-state index in [1.807, 2.05) is 31.2 Å². The van der Waals surface area contributed by atoms with Crippen molar-refractivity contribution in [1.29, 1.82) is 0 Å². The van der Waals surface area contributed by atoms with Crippen LogP contribution in [0.5, 0.6) is 0 Å². The van der Waals surface area contributed by atoms with Gasteiger partial charge in [0, 0.05) is 12.1 Å². The number of hydrogen-bond acceptors (Lipinski definition) is 5. The predicted molar refractivity (Wildman–Crippen MR) is 108 cm³/mol. The number of likely N-dealkylation sites (tertiary alicyclic amines) is 1. The lowest BCUT2D eigenvalue weighted by atomic mass is 9.97. The minimum Gasteiger partial charge on any atom is -0.354 e. The second-order valence-electron chi connectivity index (χ2n) is 6.80. The molecule has 26 heavy (non-hydrogen) atoms. The van der Waals surface area contributed by atoms with Gasteiger partial charge in [0.25, 0.3) is 0 Å². The first-order valence-corrected chi connectivity index (χ1v) is 9.77. The largest absolute Gasteiger partial charge is 0.354 e. The van der Waals surface area contributed by atoms with E-state index in [9.17, 15) is 0 Å².